The number of rotatable bonds is 8. The van der Waals surface area contributed by atoms with Crippen molar-refractivity contribution < 1.29 is 34.0 Å². The summed E-state index contributed by atoms with van der Waals surface area (Å²) in [6.07, 6.45) is 0.936. The van der Waals surface area contributed by atoms with E-state index in [0.717, 1.165) is 36.8 Å². The van der Waals surface area contributed by atoms with Crippen molar-refractivity contribution in [3.8, 4) is 17.2 Å². The van der Waals surface area contributed by atoms with Gasteiger partial charge in [0.15, 0.2) is 11.5 Å². The minimum atomic E-state index is -1.82. The van der Waals surface area contributed by atoms with Gasteiger partial charge in [-0.3, -0.25) is 0 Å². The highest BCUT2D eigenvalue weighted by Gasteiger charge is 2.05. The molecule has 0 spiro atoms. The van der Waals surface area contributed by atoms with Gasteiger partial charge in [-0.2, -0.15) is 0 Å². The van der Waals surface area contributed by atoms with Gasteiger partial charge in [-0.15, -0.1) is 0 Å². The van der Waals surface area contributed by atoms with Crippen LogP contribution in [0.5, 0.6) is 17.2 Å². The number of carbonyl (C=O) groups is 2. The molecule has 0 saturated carbocycles. The predicted octanol–water partition coefficient (Wildman–Crippen LogP) is 3.35. The van der Waals surface area contributed by atoms with E-state index in [9.17, 15) is 0 Å². The van der Waals surface area contributed by atoms with Crippen LogP contribution in [0.15, 0.2) is 54.6 Å². The number of carboxylic acids is 2. The van der Waals surface area contributed by atoms with Gasteiger partial charge < -0.3 is 29.7 Å². The van der Waals surface area contributed by atoms with Crippen LogP contribution in [-0.4, -0.2) is 50.0 Å². The summed E-state index contributed by atoms with van der Waals surface area (Å²) in [6.45, 7) is 1.74. The minimum Gasteiger partial charge on any atom is -0.497 e. The largest absolute Gasteiger partial charge is 0.497 e. The molecule has 0 aliphatic heterocycles. The molecule has 0 fully saturated rings. The van der Waals surface area contributed by atoms with Crippen LogP contribution < -0.4 is 19.5 Å². The average Bonchev–Trinajstić information content (AvgIpc) is 2.81. The van der Waals surface area contributed by atoms with Gasteiger partial charge in [0.2, 0.25) is 0 Å². The molecule has 3 aromatic carbocycles. The van der Waals surface area contributed by atoms with Crippen molar-refractivity contribution in [1.82, 2.24) is 5.32 Å². The molecular formula is C24H27NO7. The molecule has 0 amide bonds. The second-order valence-corrected chi connectivity index (χ2v) is 6.77. The number of hydrogen-bond acceptors (Lipinski definition) is 6. The van der Waals surface area contributed by atoms with Crippen LogP contribution in [0.25, 0.3) is 10.8 Å². The number of hydrogen-bond donors (Lipinski definition) is 3. The molecule has 0 heterocycles. The van der Waals surface area contributed by atoms with Crippen LogP contribution in [-0.2, 0) is 22.6 Å². The Bertz CT molecular complexity index is 1050. The molecule has 0 saturated heterocycles. The third kappa shape index (κ3) is 7.17. The Morgan fingerprint density at radius 1 is 0.750 bits per heavy atom. The number of aliphatic carboxylic acids is 2. The van der Waals surface area contributed by atoms with Crippen molar-refractivity contribution in [3.05, 3.63) is 65.7 Å². The molecule has 0 unspecified atom stereocenters. The highest BCUT2D eigenvalue weighted by atomic mass is 16.5. The third-order valence-electron chi connectivity index (χ3n) is 4.66. The first-order valence-corrected chi connectivity index (χ1v) is 9.82. The highest BCUT2D eigenvalue weighted by Crippen LogP contribution is 2.27. The predicted molar refractivity (Wildman–Crippen MR) is 121 cm³/mol. The number of ether oxygens (including phenoxy) is 3. The smallest absolute Gasteiger partial charge is 0.414 e. The summed E-state index contributed by atoms with van der Waals surface area (Å²) in [6, 6.07) is 18.7. The lowest BCUT2D eigenvalue weighted by Gasteiger charge is -2.10. The van der Waals surface area contributed by atoms with Gasteiger partial charge in [0.1, 0.15) is 5.75 Å². The molecule has 170 valence electrons. The summed E-state index contributed by atoms with van der Waals surface area (Å²) >= 11 is 0. The van der Waals surface area contributed by atoms with Gasteiger partial charge in [0.25, 0.3) is 0 Å². The van der Waals surface area contributed by atoms with E-state index in [1.165, 1.54) is 21.9 Å². The first-order valence-electron chi connectivity index (χ1n) is 9.82. The van der Waals surface area contributed by atoms with Gasteiger partial charge in [-0.1, -0.05) is 24.3 Å². The molecule has 3 N–H and O–H groups in total. The molecule has 0 aliphatic rings. The molecule has 3 aromatic rings. The summed E-state index contributed by atoms with van der Waals surface area (Å²) in [5.74, 6) is -1.23. The average molecular weight is 441 g/mol. The topological polar surface area (TPSA) is 114 Å². The van der Waals surface area contributed by atoms with E-state index in [2.05, 4.69) is 41.7 Å². The summed E-state index contributed by atoms with van der Waals surface area (Å²) in [5.41, 5.74) is 2.50. The normalized spacial score (nSPS) is 10.1. The van der Waals surface area contributed by atoms with Crippen molar-refractivity contribution >= 4 is 22.7 Å². The molecule has 8 nitrogen and oxygen atoms in total. The van der Waals surface area contributed by atoms with Crippen LogP contribution in [0.4, 0.5) is 0 Å². The van der Waals surface area contributed by atoms with Crippen LogP contribution in [0.2, 0.25) is 0 Å². The Kier molecular flexibility index (Phi) is 9.31. The summed E-state index contributed by atoms with van der Waals surface area (Å²) in [7, 11) is 5.01. The van der Waals surface area contributed by atoms with E-state index in [1.54, 1.807) is 21.3 Å². The van der Waals surface area contributed by atoms with Crippen molar-refractivity contribution in [2.45, 2.75) is 13.0 Å². The number of methoxy groups -OCH3 is 3. The standard InChI is InChI=1S/C22H25NO3.C2H2O4/c1-24-20-8-7-18-12-17(4-6-19(18)14-20)15-23-11-10-16-5-9-21(25-2)22(13-16)26-3;3-1(4)2(5)6/h4-9,12-14,23H,10-11,15H2,1-3H3;(H,3,4)(H,5,6). The zero-order valence-corrected chi connectivity index (χ0v) is 18.3. The fraction of sp³-hybridized carbons (Fsp3) is 0.250. The van der Waals surface area contributed by atoms with Gasteiger partial charge in [-0.25, -0.2) is 9.59 Å². The fourth-order valence-electron chi connectivity index (χ4n) is 3.01. The minimum absolute atomic E-state index is 0.761. The maximum Gasteiger partial charge on any atom is 0.414 e. The Morgan fingerprint density at radius 2 is 1.38 bits per heavy atom. The van der Waals surface area contributed by atoms with Crippen LogP contribution in [0.1, 0.15) is 11.1 Å². The molecule has 0 aliphatic carbocycles. The maximum atomic E-state index is 9.10. The fourth-order valence-corrected chi connectivity index (χ4v) is 3.01. The Hall–Kier alpha value is -3.78. The highest BCUT2D eigenvalue weighted by molar-refractivity contribution is 6.27. The molecule has 3 rings (SSSR count). The number of benzene rings is 3. The lowest BCUT2D eigenvalue weighted by Crippen LogP contribution is -2.16. The molecule has 0 atom stereocenters. The zero-order valence-electron chi connectivity index (χ0n) is 18.3. The zero-order chi connectivity index (χ0) is 23.5. The van der Waals surface area contributed by atoms with Gasteiger partial charge >= 0.3 is 11.9 Å². The first-order chi connectivity index (χ1) is 15.4. The SMILES string of the molecule is COc1ccc2cc(CNCCc3ccc(OC)c(OC)c3)ccc2c1.O=C(O)C(=O)O. The molecule has 0 bridgehead atoms. The van der Waals surface area contributed by atoms with E-state index in [1.807, 2.05) is 18.2 Å². The first kappa shape index (κ1) is 24.5. The van der Waals surface area contributed by atoms with E-state index in [4.69, 9.17) is 34.0 Å². The maximum absolute atomic E-state index is 9.10. The summed E-state index contributed by atoms with van der Waals surface area (Å²) in [5, 5.41) is 20.7. The summed E-state index contributed by atoms with van der Waals surface area (Å²) < 4.78 is 15.9. The number of carboxylic acid groups (broad SMARTS) is 2. The molecule has 0 aromatic heterocycles. The molecule has 0 radical (unpaired) electrons. The van der Waals surface area contributed by atoms with Gasteiger partial charge in [0, 0.05) is 6.54 Å². The lowest BCUT2D eigenvalue weighted by atomic mass is 10.1. The second-order valence-electron chi connectivity index (χ2n) is 6.77. The van der Waals surface area contributed by atoms with Crippen molar-refractivity contribution in [2.24, 2.45) is 0 Å². The van der Waals surface area contributed by atoms with Crippen LogP contribution in [0.3, 0.4) is 0 Å². The number of fused-ring (bicyclic) bond motifs is 1. The van der Waals surface area contributed by atoms with E-state index < -0.39 is 11.9 Å². The van der Waals surface area contributed by atoms with Crippen LogP contribution in [0, 0.1) is 0 Å². The van der Waals surface area contributed by atoms with Gasteiger partial charge in [0.05, 0.1) is 21.3 Å². The quantitative estimate of drug-likeness (QED) is 0.360. The van der Waals surface area contributed by atoms with Crippen molar-refractivity contribution in [2.75, 3.05) is 27.9 Å². The monoisotopic (exact) mass is 441 g/mol. The van der Waals surface area contributed by atoms with Gasteiger partial charge in [-0.05, 0) is 65.2 Å². The summed E-state index contributed by atoms with van der Waals surface area (Å²) in [4.78, 5) is 18.2. The molecule has 8 heteroatoms. The Labute approximate surface area is 186 Å². The third-order valence-corrected chi connectivity index (χ3v) is 4.66. The van der Waals surface area contributed by atoms with Crippen molar-refractivity contribution in [3.63, 3.8) is 0 Å². The van der Waals surface area contributed by atoms with Crippen LogP contribution >= 0.6 is 0 Å². The Balaban J connectivity index is 0.000000534. The molecular weight excluding hydrogens is 414 g/mol. The van der Waals surface area contributed by atoms with E-state index in [-0.39, 0.29) is 0 Å². The van der Waals surface area contributed by atoms with Crippen molar-refractivity contribution in [1.29, 1.82) is 0 Å². The Morgan fingerprint density at radius 3 is 2.00 bits per heavy atom. The second kappa shape index (κ2) is 12.2. The lowest BCUT2D eigenvalue weighted by molar-refractivity contribution is -0.159. The molecule has 32 heavy (non-hydrogen) atoms. The van der Waals surface area contributed by atoms with E-state index >= 15 is 0 Å². The number of nitrogens with one attached hydrogen (secondary N) is 1. The van der Waals surface area contributed by atoms with E-state index in [0.29, 0.717) is 0 Å².